The molecule has 1 aromatic rings. The number of carbonyl (C=O) groups is 1. The summed E-state index contributed by atoms with van der Waals surface area (Å²) in [7, 11) is 0. The summed E-state index contributed by atoms with van der Waals surface area (Å²) < 4.78 is 10.9. The van der Waals surface area contributed by atoms with Gasteiger partial charge in [0.25, 0.3) is 0 Å². The molecule has 0 atom stereocenters. The Hall–Kier alpha value is -1.97. The molecule has 116 valence electrons. The highest BCUT2D eigenvalue weighted by Gasteiger charge is 2.21. The molecule has 0 amide bonds. The molecule has 0 saturated carbocycles. The van der Waals surface area contributed by atoms with Gasteiger partial charge in [0.15, 0.2) is 0 Å². The van der Waals surface area contributed by atoms with E-state index in [0.29, 0.717) is 6.61 Å². The maximum absolute atomic E-state index is 12.2. The third kappa shape index (κ3) is 6.84. The lowest BCUT2D eigenvalue weighted by molar-refractivity contribution is -0.154. The molecule has 0 aliphatic rings. The van der Waals surface area contributed by atoms with Crippen LogP contribution < -0.4 is 0 Å². The van der Waals surface area contributed by atoms with Crippen LogP contribution in [-0.2, 0) is 14.3 Å². The van der Waals surface area contributed by atoms with Crippen LogP contribution in [0.15, 0.2) is 30.0 Å². The predicted octanol–water partition coefficient (Wildman–Crippen LogP) is 3.89. The van der Waals surface area contributed by atoms with Gasteiger partial charge in [0.05, 0.1) is 6.61 Å². The summed E-state index contributed by atoms with van der Waals surface area (Å²) in [5.74, 6) is -0.117. The number of hydrogen-bond donors (Lipinski definition) is 1. The van der Waals surface area contributed by atoms with Gasteiger partial charge in [-0.2, -0.15) is 0 Å². The van der Waals surface area contributed by atoms with Crippen LogP contribution in [-0.4, -0.2) is 23.3 Å². The number of rotatable bonds is 6. The molecule has 21 heavy (non-hydrogen) atoms. The molecule has 0 saturated heterocycles. The second-order valence-electron chi connectivity index (χ2n) is 5.80. The van der Waals surface area contributed by atoms with Gasteiger partial charge in [0.2, 0.25) is 5.76 Å². The Morgan fingerprint density at radius 1 is 1.24 bits per heavy atom. The molecule has 0 spiro atoms. The van der Waals surface area contributed by atoms with Gasteiger partial charge in [-0.1, -0.05) is 25.5 Å². The molecule has 1 N–H and O–H groups in total. The average molecular weight is 292 g/mol. The SMILES string of the molecule is CCCCOC(=Cc1ccc(O)cc1)C(=O)OC(C)(C)C. The first-order chi connectivity index (χ1) is 9.81. The van der Waals surface area contributed by atoms with Crippen LogP contribution in [0.4, 0.5) is 0 Å². The molecule has 1 aromatic carbocycles. The van der Waals surface area contributed by atoms with Crippen molar-refractivity contribution < 1.29 is 19.4 Å². The van der Waals surface area contributed by atoms with Crippen LogP contribution in [0.25, 0.3) is 6.08 Å². The summed E-state index contributed by atoms with van der Waals surface area (Å²) in [6, 6.07) is 6.54. The number of phenolic OH excluding ortho intramolecular Hbond substituents is 1. The zero-order chi connectivity index (χ0) is 15.9. The van der Waals surface area contributed by atoms with E-state index >= 15 is 0 Å². The second-order valence-corrected chi connectivity index (χ2v) is 5.80. The van der Waals surface area contributed by atoms with Crippen molar-refractivity contribution in [2.75, 3.05) is 6.61 Å². The predicted molar refractivity (Wildman–Crippen MR) is 82.8 cm³/mol. The third-order valence-corrected chi connectivity index (χ3v) is 2.55. The van der Waals surface area contributed by atoms with E-state index in [1.54, 1.807) is 30.3 Å². The minimum atomic E-state index is -0.570. The number of hydrogen-bond acceptors (Lipinski definition) is 4. The number of phenols is 1. The molecule has 0 bridgehead atoms. The molecule has 0 unspecified atom stereocenters. The van der Waals surface area contributed by atoms with Crippen molar-refractivity contribution in [2.24, 2.45) is 0 Å². The molecule has 0 fully saturated rings. The smallest absolute Gasteiger partial charge is 0.374 e. The van der Waals surface area contributed by atoms with Gasteiger partial charge in [-0.3, -0.25) is 0 Å². The average Bonchev–Trinajstić information content (AvgIpc) is 2.38. The molecule has 0 aromatic heterocycles. The highest BCUT2D eigenvalue weighted by molar-refractivity contribution is 5.91. The fraction of sp³-hybridized carbons (Fsp3) is 0.471. The Morgan fingerprint density at radius 2 is 1.86 bits per heavy atom. The minimum absolute atomic E-state index is 0.179. The number of aromatic hydroxyl groups is 1. The maximum Gasteiger partial charge on any atom is 0.374 e. The molecule has 0 aliphatic carbocycles. The number of ether oxygens (including phenoxy) is 2. The summed E-state index contributed by atoms with van der Waals surface area (Å²) in [5.41, 5.74) is 0.198. The molecule has 0 aliphatic heterocycles. The quantitative estimate of drug-likeness (QED) is 0.374. The van der Waals surface area contributed by atoms with Crippen LogP contribution in [0.3, 0.4) is 0 Å². The number of esters is 1. The standard InChI is InChI=1S/C17H24O4/c1-5-6-11-20-15(16(19)21-17(2,3)4)12-13-7-9-14(18)10-8-13/h7-10,12,18H,5-6,11H2,1-4H3. The van der Waals surface area contributed by atoms with Crippen LogP contribution in [0.5, 0.6) is 5.75 Å². The summed E-state index contributed by atoms with van der Waals surface area (Å²) in [6.45, 7) is 7.97. The van der Waals surface area contributed by atoms with E-state index in [2.05, 4.69) is 6.92 Å². The summed E-state index contributed by atoms with van der Waals surface area (Å²) >= 11 is 0. The second kappa shape index (κ2) is 7.72. The van der Waals surface area contributed by atoms with Crippen molar-refractivity contribution in [3.63, 3.8) is 0 Å². The molecular weight excluding hydrogens is 268 g/mol. The van der Waals surface area contributed by atoms with Crippen LogP contribution in [0, 0.1) is 0 Å². The molecular formula is C17H24O4. The molecule has 0 radical (unpaired) electrons. The Balaban J connectivity index is 2.89. The van der Waals surface area contributed by atoms with Gasteiger partial charge in [-0.25, -0.2) is 4.79 Å². The highest BCUT2D eigenvalue weighted by Crippen LogP contribution is 2.17. The lowest BCUT2D eigenvalue weighted by Gasteiger charge is -2.20. The topological polar surface area (TPSA) is 55.8 Å². The molecule has 4 nitrogen and oxygen atoms in total. The van der Waals surface area contributed by atoms with Crippen LogP contribution in [0.2, 0.25) is 0 Å². The first kappa shape index (κ1) is 17.1. The van der Waals surface area contributed by atoms with Crippen molar-refractivity contribution in [3.05, 3.63) is 35.6 Å². The van der Waals surface area contributed by atoms with E-state index in [-0.39, 0.29) is 11.5 Å². The van der Waals surface area contributed by atoms with E-state index in [9.17, 15) is 9.90 Å². The van der Waals surface area contributed by atoms with Gasteiger partial charge in [0.1, 0.15) is 11.4 Å². The fourth-order valence-corrected chi connectivity index (χ4v) is 1.54. The van der Waals surface area contributed by atoms with Crippen LogP contribution >= 0.6 is 0 Å². The largest absolute Gasteiger partial charge is 0.508 e. The lowest BCUT2D eigenvalue weighted by Crippen LogP contribution is -2.25. The Bertz CT molecular complexity index is 481. The van der Waals surface area contributed by atoms with E-state index in [4.69, 9.17) is 9.47 Å². The zero-order valence-corrected chi connectivity index (χ0v) is 13.2. The summed E-state index contributed by atoms with van der Waals surface area (Å²) in [5, 5.41) is 9.28. The van der Waals surface area contributed by atoms with Gasteiger partial charge in [-0.15, -0.1) is 0 Å². The molecule has 0 heterocycles. The maximum atomic E-state index is 12.2. The monoisotopic (exact) mass is 292 g/mol. The van der Waals surface area contributed by atoms with E-state index in [1.165, 1.54) is 0 Å². The van der Waals surface area contributed by atoms with Crippen molar-refractivity contribution in [3.8, 4) is 5.75 Å². The van der Waals surface area contributed by atoms with Gasteiger partial charge >= 0.3 is 5.97 Å². The fourth-order valence-electron chi connectivity index (χ4n) is 1.54. The lowest BCUT2D eigenvalue weighted by atomic mass is 10.2. The Morgan fingerprint density at radius 3 is 2.38 bits per heavy atom. The van der Waals surface area contributed by atoms with Gasteiger partial charge in [-0.05, 0) is 51.0 Å². The first-order valence-electron chi connectivity index (χ1n) is 7.18. The normalized spacial score (nSPS) is 12.1. The molecule has 4 heteroatoms. The van der Waals surface area contributed by atoms with E-state index in [1.807, 2.05) is 20.8 Å². The Labute approximate surface area is 126 Å². The number of unbranched alkanes of at least 4 members (excludes halogenated alkanes) is 1. The van der Waals surface area contributed by atoms with E-state index < -0.39 is 11.6 Å². The summed E-state index contributed by atoms with van der Waals surface area (Å²) in [4.78, 5) is 12.2. The van der Waals surface area contributed by atoms with Crippen molar-refractivity contribution in [2.45, 2.75) is 46.1 Å². The van der Waals surface area contributed by atoms with Gasteiger partial charge < -0.3 is 14.6 Å². The highest BCUT2D eigenvalue weighted by atomic mass is 16.6. The zero-order valence-electron chi connectivity index (χ0n) is 13.2. The van der Waals surface area contributed by atoms with Crippen molar-refractivity contribution in [1.29, 1.82) is 0 Å². The first-order valence-corrected chi connectivity index (χ1v) is 7.18. The number of benzene rings is 1. The van der Waals surface area contributed by atoms with Crippen molar-refractivity contribution >= 4 is 12.0 Å². The number of carbonyl (C=O) groups excluding carboxylic acids is 1. The van der Waals surface area contributed by atoms with Gasteiger partial charge in [0, 0.05) is 0 Å². The Kier molecular flexibility index (Phi) is 6.28. The van der Waals surface area contributed by atoms with Crippen LogP contribution in [0.1, 0.15) is 46.1 Å². The van der Waals surface area contributed by atoms with E-state index in [0.717, 1.165) is 18.4 Å². The molecule has 1 rings (SSSR count). The summed E-state index contributed by atoms with van der Waals surface area (Å²) in [6.07, 6.45) is 3.49. The minimum Gasteiger partial charge on any atom is -0.508 e. The third-order valence-electron chi connectivity index (χ3n) is 2.55. The van der Waals surface area contributed by atoms with Crippen molar-refractivity contribution in [1.82, 2.24) is 0 Å².